The molecule has 34 nitrogen and oxygen atoms in total. The fourth-order valence-corrected chi connectivity index (χ4v) is 13.8. The summed E-state index contributed by atoms with van der Waals surface area (Å²) >= 11 is 14.3. The van der Waals surface area contributed by atoms with E-state index in [1.165, 1.54) is 88.7 Å². The van der Waals surface area contributed by atoms with Crippen LogP contribution in [0.3, 0.4) is 0 Å². The predicted molar refractivity (Wildman–Crippen MR) is 359 cm³/mol. The van der Waals surface area contributed by atoms with E-state index in [1.54, 1.807) is 0 Å². The predicted octanol–water partition coefficient (Wildman–Crippen LogP) is 0.385. The summed E-state index contributed by atoms with van der Waals surface area (Å²) in [7, 11) is 2.71. The number of hydrogen-bond acceptors (Lipinski definition) is 24. The number of phenolic OH excluding ortho intramolecular Hbond substituents is 1. The van der Waals surface area contributed by atoms with E-state index in [2.05, 4.69) is 47.9 Å². The topological polar surface area (TPSA) is 514 Å². The molecule has 5 aromatic carbocycles. The van der Waals surface area contributed by atoms with E-state index in [0.29, 0.717) is 0 Å². The summed E-state index contributed by atoms with van der Waals surface area (Å²) in [6.45, 7) is 5.56. The molecule has 11 bridgehead atoms. The number of phenols is 1. The molecule has 5 aromatic rings. The quantitative estimate of drug-likeness (QED) is 0.0715. The van der Waals surface area contributed by atoms with E-state index in [1.807, 2.05) is 13.8 Å². The summed E-state index contributed by atoms with van der Waals surface area (Å²) in [6.07, 6.45) is -18.0. The molecule has 18 atom stereocenters. The molecule has 3 fully saturated rings. The van der Waals surface area contributed by atoms with Gasteiger partial charge in [0.2, 0.25) is 53.4 Å². The number of urea groups is 1. The Kier molecular flexibility index (Phi) is 21.9. The number of benzene rings is 5. The highest BCUT2D eigenvalue weighted by Crippen LogP contribution is 2.50. The molecule has 19 N–H and O–H groups in total. The summed E-state index contributed by atoms with van der Waals surface area (Å²) < 4.78 is 44.1. The number of carbonyl (C=O) groups excluding carboxylic acids is 8. The summed E-state index contributed by atoms with van der Waals surface area (Å²) in [5, 5.41) is 113. The van der Waals surface area contributed by atoms with Crippen molar-refractivity contribution in [2.45, 2.75) is 156 Å². The lowest BCUT2D eigenvalue weighted by atomic mass is 9.81. The summed E-state index contributed by atoms with van der Waals surface area (Å²) in [5.41, 5.74) is 0.503. The van der Waals surface area contributed by atoms with Crippen LogP contribution in [0.15, 0.2) is 84.9 Å². The van der Waals surface area contributed by atoms with Crippen molar-refractivity contribution in [3.05, 3.63) is 123 Å². The Morgan fingerprint density at radius 3 is 2.00 bits per heavy atom. The Morgan fingerprint density at radius 2 is 1.38 bits per heavy atom. The third kappa shape index (κ3) is 14.9. The molecule has 556 valence electrons. The number of carboxylic acid groups (broad SMARTS) is 1. The average molecular weight is 1490 g/mol. The molecule has 13 rings (SSSR count). The van der Waals surface area contributed by atoms with Crippen molar-refractivity contribution >= 4 is 76.6 Å². The molecule has 8 aliphatic heterocycles. The Bertz CT molecular complexity index is 4250. The lowest BCUT2D eigenvalue weighted by Crippen LogP contribution is -2.70. The Labute approximate surface area is 601 Å². The van der Waals surface area contributed by atoms with Gasteiger partial charge in [-0.15, -0.1) is 0 Å². The fourth-order valence-electron chi connectivity index (χ4n) is 13.4. The maximum Gasteiger partial charge on any atom is 0.330 e. The standard InChI is InChI=1S/C68H76Cl2N10O24/c1-25(2)16-35(72-5)58(88)77-50-52(84)28-11-14-38(33(69)18-28)100-41-20-30-21-42(57(41)104-65-55(87)54(86)53(85)43(24-81)102-65)101-39-15-12-29(19-34(39)70)56(103-45-23-67(4)68(97,26(3)99-45)80-66(96)79-67)51-63(93)76-49(64(94)95)31-8-7-9-40(98-6)46(31)32-17-27(10-13-37(32)82)47(60(90)78-51)75-61(91)48(30)74-59(89)36(22-44(71)83)73-62(50)92/h7-15,17-21,25-26,35-36,43,45,47-56,65,72,81-82,84-87,97H,16,22-24H2,1-6H3,(H2,71,83)(H,73,92)(H,74,89)(H,75,91)(H,76,93)(H,77,88)(H,78,90)(H,94,95)(H2,79,80,96)/t26-,35+,36-,43+,45+,47+,48+,49-,50+,51-,52+,53+,54-,55+,56+,65-,67-,68-/m0/s1. The van der Waals surface area contributed by atoms with Gasteiger partial charge in [0, 0.05) is 17.5 Å². The summed E-state index contributed by atoms with van der Waals surface area (Å²) in [5.74, 6) is -13.8. The molecule has 8 aliphatic rings. The van der Waals surface area contributed by atoms with Crippen molar-refractivity contribution in [1.82, 2.24) is 47.9 Å². The number of aliphatic hydroxyl groups is 6. The Hall–Kier alpha value is -9.69. The lowest BCUT2D eigenvalue weighted by molar-refractivity contribution is -0.287. The number of nitrogens with one attached hydrogen (secondary N) is 9. The number of rotatable bonds is 14. The van der Waals surface area contributed by atoms with Crippen LogP contribution in [0.2, 0.25) is 10.0 Å². The number of halogens is 2. The van der Waals surface area contributed by atoms with Crippen LogP contribution in [0.1, 0.15) is 105 Å². The van der Waals surface area contributed by atoms with Gasteiger partial charge in [-0.3, -0.25) is 33.6 Å². The van der Waals surface area contributed by atoms with E-state index < -0.39 is 215 Å². The van der Waals surface area contributed by atoms with Crippen molar-refractivity contribution in [2.24, 2.45) is 11.7 Å². The zero-order valence-electron chi connectivity index (χ0n) is 56.2. The van der Waals surface area contributed by atoms with Gasteiger partial charge < -0.3 is 128 Å². The van der Waals surface area contributed by atoms with Gasteiger partial charge in [-0.05, 0) is 116 Å². The van der Waals surface area contributed by atoms with E-state index in [-0.39, 0.29) is 68.0 Å². The molecular formula is C68H76Cl2N10O24. The number of ether oxygens (including phenoxy) is 7. The first-order valence-electron chi connectivity index (χ1n) is 32.7. The summed E-state index contributed by atoms with van der Waals surface area (Å²) in [6, 6.07) is 2.14. The van der Waals surface area contributed by atoms with Gasteiger partial charge in [-0.1, -0.05) is 67.4 Å². The summed E-state index contributed by atoms with van der Waals surface area (Å²) in [4.78, 5) is 132. The normalized spacial score (nSPS) is 30.0. The molecule has 104 heavy (non-hydrogen) atoms. The molecule has 0 radical (unpaired) electrons. The van der Waals surface area contributed by atoms with Gasteiger partial charge in [0.25, 0.3) is 0 Å². The van der Waals surface area contributed by atoms with Crippen LogP contribution >= 0.6 is 23.2 Å². The minimum Gasteiger partial charge on any atom is -0.507 e. The third-order valence-electron chi connectivity index (χ3n) is 18.9. The monoisotopic (exact) mass is 1490 g/mol. The van der Waals surface area contributed by atoms with Crippen LogP contribution < -0.4 is 72.5 Å². The minimum absolute atomic E-state index is 0.0832. The van der Waals surface area contributed by atoms with E-state index in [4.69, 9.17) is 62.1 Å². The lowest BCUT2D eigenvalue weighted by Gasteiger charge is -2.48. The van der Waals surface area contributed by atoms with Crippen molar-refractivity contribution in [1.29, 1.82) is 0 Å². The van der Waals surface area contributed by atoms with E-state index in [9.17, 15) is 64.8 Å². The molecule has 3 saturated heterocycles. The van der Waals surface area contributed by atoms with Crippen molar-refractivity contribution in [2.75, 3.05) is 20.8 Å². The van der Waals surface area contributed by atoms with Crippen LogP contribution in [0.25, 0.3) is 11.1 Å². The molecule has 9 amide bonds. The van der Waals surface area contributed by atoms with Gasteiger partial charge in [0.1, 0.15) is 95.9 Å². The fraction of sp³-hybridized carbons (Fsp3) is 0.426. The van der Waals surface area contributed by atoms with Gasteiger partial charge >= 0.3 is 12.0 Å². The molecule has 0 unspecified atom stereocenters. The number of likely N-dealkylation sites (N-methyl/N-ethyl adjacent to an activating group) is 1. The van der Waals surface area contributed by atoms with Crippen LogP contribution in [0, 0.1) is 5.92 Å². The minimum atomic E-state index is -2.32. The smallest absolute Gasteiger partial charge is 0.330 e. The zero-order valence-corrected chi connectivity index (χ0v) is 57.7. The number of aliphatic hydroxyl groups excluding tert-OH is 5. The number of primary amides is 1. The van der Waals surface area contributed by atoms with Crippen molar-refractivity contribution in [3.8, 4) is 51.4 Å². The number of hydrogen-bond donors (Lipinski definition) is 18. The van der Waals surface area contributed by atoms with E-state index >= 15 is 19.2 Å². The average Bonchev–Trinajstić information content (AvgIpc) is 1.56. The molecule has 0 aromatic heterocycles. The molecule has 8 heterocycles. The first-order valence-corrected chi connectivity index (χ1v) is 33.4. The largest absolute Gasteiger partial charge is 0.507 e. The second kappa shape index (κ2) is 30.2. The van der Waals surface area contributed by atoms with Crippen molar-refractivity contribution in [3.63, 3.8) is 0 Å². The number of amides is 9. The zero-order chi connectivity index (χ0) is 75.3. The number of carboxylic acids is 1. The number of nitrogens with two attached hydrogens (primary N) is 1. The van der Waals surface area contributed by atoms with Crippen LogP contribution in [-0.2, 0) is 52.6 Å². The van der Waals surface area contributed by atoms with Gasteiger partial charge in [0.15, 0.2) is 29.6 Å². The van der Waals surface area contributed by atoms with Gasteiger partial charge in [-0.25, -0.2) is 9.59 Å². The highest BCUT2D eigenvalue weighted by Gasteiger charge is 2.63. The number of carbonyl (C=O) groups is 9. The second-order valence-electron chi connectivity index (χ2n) is 26.4. The van der Waals surface area contributed by atoms with Crippen molar-refractivity contribution < 1.29 is 117 Å². The Morgan fingerprint density at radius 1 is 0.740 bits per heavy atom. The molecule has 0 saturated carbocycles. The SMILES string of the molecule is CN[C@H](CC(C)C)C(=O)N[C@H]1C(=O)N[C@@H](CC(N)=O)C(=O)N[C@H]2C(=O)N[C@H]3C(=O)N[C@H](C(=O)N[C@H](C(=O)O)c4cccc(OC)c4-c4cc3ccc4O)[C@H](O[C@@H]3C[C@]4(C)NC(=O)N[C@]4(O)[C@H](C)O3)c3ccc(c(Cl)c3)Oc3cc2cc(c3O[C@@H]2O[C@H](CO)[C@@H](O)[C@H](O)[C@H]2O)Oc2ccc(cc2Cl)[C@H]1O. The number of aromatic hydroxyl groups is 1. The van der Waals surface area contributed by atoms with E-state index in [0.717, 1.165) is 24.3 Å². The van der Waals surface area contributed by atoms with Crippen LogP contribution in [0.4, 0.5) is 4.79 Å². The molecule has 0 spiro atoms. The number of methoxy groups -OCH3 is 1. The van der Waals surface area contributed by atoms with Gasteiger partial charge in [0.05, 0.1) is 41.8 Å². The first kappa shape index (κ1) is 75.5. The first-order chi connectivity index (χ1) is 49.2. The second-order valence-corrected chi connectivity index (χ2v) is 27.2. The Balaban J connectivity index is 1.18. The molecular weight excluding hydrogens is 1410 g/mol. The van der Waals surface area contributed by atoms with Crippen LogP contribution in [0.5, 0.6) is 40.2 Å². The van der Waals surface area contributed by atoms with Crippen LogP contribution in [-0.4, -0.2) is 193 Å². The highest BCUT2D eigenvalue weighted by atomic mass is 35.5. The van der Waals surface area contributed by atoms with Gasteiger partial charge in [-0.2, -0.15) is 0 Å². The molecule has 0 aliphatic carbocycles. The third-order valence-corrected chi connectivity index (χ3v) is 19.5. The number of fused-ring (bicyclic) bond motifs is 16. The number of aliphatic carboxylic acids is 1. The highest BCUT2D eigenvalue weighted by molar-refractivity contribution is 6.32. The molecule has 36 heteroatoms. The maximum absolute atomic E-state index is 16.2. The maximum atomic E-state index is 16.2.